The van der Waals surface area contributed by atoms with Crippen LogP contribution >= 0.6 is 23.2 Å². The Morgan fingerprint density at radius 3 is 2.21 bits per heavy atom. The highest BCUT2D eigenvalue weighted by molar-refractivity contribution is 6.42. The fourth-order valence-electron chi connectivity index (χ4n) is 2.96. The van der Waals surface area contributed by atoms with Crippen molar-refractivity contribution in [3.05, 3.63) is 33.8 Å². The second-order valence-electron chi connectivity index (χ2n) is 5.97. The molecule has 0 radical (unpaired) electrons. The van der Waals surface area contributed by atoms with Crippen molar-refractivity contribution >= 4 is 23.2 Å². The molecule has 1 unspecified atom stereocenters. The molecule has 1 aliphatic rings. The maximum Gasteiger partial charge on any atom is 0.0595 e. The number of nitrogens with zero attached hydrogens (tertiary/aromatic N) is 1. The first kappa shape index (κ1) is 15.2. The van der Waals surface area contributed by atoms with Crippen molar-refractivity contribution in [1.82, 2.24) is 4.90 Å². The van der Waals surface area contributed by atoms with Crippen molar-refractivity contribution in [2.75, 3.05) is 13.1 Å². The molecule has 0 amide bonds. The van der Waals surface area contributed by atoms with E-state index in [0.717, 1.165) is 11.8 Å². The highest BCUT2D eigenvalue weighted by atomic mass is 35.5. The van der Waals surface area contributed by atoms with Gasteiger partial charge < -0.3 is 0 Å². The second-order valence-corrected chi connectivity index (χ2v) is 6.78. The van der Waals surface area contributed by atoms with Gasteiger partial charge in [-0.15, -0.1) is 0 Å². The van der Waals surface area contributed by atoms with E-state index in [9.17, 15) is 0 Å². The number of halogens is 2. The summed E-state index contributed by atoms with van der Waals surface area (Å²) in [5.41, 5.74) is 1.26. The molecule has 1 heterocycles. The van der Waals surface area contributed by atoms with Gasteiger partial charge in [-0.25, -0.2) is 0 Å². The van der Waals surface area contributed by atoms with Gasteiger partial charge in [-0.05, 0) is 62.4 Å². The van der Waals surface area contributed by atoms with E-state index < -0.39 is 0 Å². The number of rotatable bonds is 3. The molecule has 0 aromatic heterocycles. The summed E-state index contributed by atoms with van der Waals surface area (Å²) in [7, 11) is 0. The zero-order valence-corrected chi connectivity index (χ0v) is 13.5. The third kappa shape index (κ3) is 3.65. The van der Waals surface area contributed by atoms with E-state index in [4.69, 9.17) is 23.2 Å². The van der Waals surface area contributed by atoms with Crippen molar-refractivity contribution in [2.24, 2.45) is 11.8 Å². The number of hydrogen-bond donors (Lipinski definition) is 0. The minimum atomic E-state index is 0.419. The molecule has 1 saturated heterocycles. The Morgan fingerprint density at radius 1 is 1.05 bits per heavy atom. The first-order chi connectivity index (χ1) is 8.99. The lowest BCUT2D eigenvalue weighted by molar-refractivity contribution is 0.122. The molecule has 1 atom stereocenters. The monoisotopic (exact) mass is 299 g/mol. The molecule has 19 heavy (non-hydrogen) atoms. The first-order valence-corrected chi connectivity index (χ1v) is 7.93. The van der Waals surface area contributed by atoms with E-state index in [1.807, 2.05) is 12.1 Å². The molecule has 1 nitrogen and oxygen atoms in total. The fraction of sp³-hybridized carbons (Fsp3) is 0.625. The molecule has 2 rings (SSSR count). The van der Waals surface area contributed by atoms with Crippen LogP contribution in [0, 0.1) is 11.8 Å². The van der Waals surface area contributed by atoms with Gasteiger partial charge in [-0.1, -0.05) is 43.1 Å². The third-order valence-corrected chi connectivity index (χ3v) is 5.23. The van der Waals surface area contributed by atoms with Crippen LogP contribution in [-0.4, -0.2) is 18.0 Å². The summed E-state index contributed by atoms with van der Waals surface area (Å²) in [5.74, 6) is 1.69. The maximum absolute atomic E-state index is 6.11. The normalized spacial score (nSPS) is 19.9. The minimum absolute atomic E-state index is 0.419. The van der Waals surface area contributed by atoms with Gasteiger partial charge in [0, 0.05) is 6.04 Å². The van der Waals surface area contributed by atoms with E-state index >= 15 is 0 Å². The topological polar surface area (TPSA) is 3.24 Å². The van der Waals surface area contributed by atoms with Crippen LogP contribution in [-0.2, 0) is 0 Å². The van der Waals surface area contributed by atoms with Crippen molar-refractivity contribution in [1.29, 1.82) is 0 Å². The molecule has 1 aromatic carbocycles. The molecule has 0 bridgehead atoms. The Kier molecular flexibility index (Phi) is 5.16. The predicted molar refractivity (Wildman–Crippen MR) is 84.0 cm³/mol. The van der Waals surface area contributed by atoms with E-state index in [1.54, 1.807) is 0 Å². The number of likely N-dealkylation sites (tertiary alicyclic amines) is 1. The summed E-state index contributed by atoms with van der Waals surface area (Å²) >= 11 is 12.1. The molecule has 3 heteroatoms. The Morgan fingerprint density at radius 2 is 1.68 bits per heavy atom. The Balaban J connectivity index is 2.01. The summed E-state index contributed by atoms with van der Waals surface area (Å²) < 4.78 is 0. The molecule has 106 valence electrons. The average Bonchev–Trinajstić information content (AvgIpc) is 2.41. The zero-order valence-electron chi connectivity index (χ0n) is 12.0. The number of benzene rings is 1. The number of hydrogen-bond acceptors (Lipinski definition) is 1. The van der Waals surface area contributed by atoms with Crippen LogP contribution in [0.2, 0.25) is 10.0 Å². The van der Waals surface area contributed by atoms with Crippen molar-refractivity contribution < 1.29 is 0 Å². The summed E-state index contributed by atoms with van der Waals surface area (Å²) in [6.07, 6.45) is 2.62. The van der Waals surface area contributed by atoms with Crippen LogP contribution in [0.15, 0.2) is 18.2 Å². The van der Waals surface area contributed by atoms with Gasteiger partial charge in [0.05, 0.1) is 10.0 Å². The van der Waals surface area contributed by atoms with E-state index in [2.05, 4.69) is 31.7 Å². The molecule has 0 aliphatic carbocycles. The minimum Gasteiger partial charge on any atom is -0.297 e. The molecule has 1 aromatic rings. The molecule has 0 N–H and O–H groups in total. The van der Waals surface area contributed by atoms with Crippen LogP contribution in [0.5, 0.6) is 0 Å². The van der Waals surface area contributed by atoms with E-state index in [0.29, 0.717) is 16.1 Å². The molecular formula is C16H23Cl2N. The van der Waals surface area contributed by atoms with Gasteiger partial charge >= 0.3 is 0 Å². The van der Waals surface area contributed by atoms with Gasteiger partial charge in [0.2, 0.25) is 0 Å². The van der Waals surface area contributed by atoms with Crippen LogP contribution < -0.4 is 0 Å². The quantitative estimate of drug-likeness (QED) is 0.720. The molecule has 1 aliphatic heterocycles. The van der Waals surface area contributed by atoms with E-state index in [-0.39, 0.29) is 0 Å². The standard InChI is InChI=1S/C16H23Cl2N/c1-11(2)13-6-8-19(9-7-13)12(3)14-4-5-15(17)16(18)10-14/h4-5,10-13H,6-9H2,1-3H3. The van der Waals surface area contributed by atoms with Gasteiger partial charge in [0.1, 0.15) is 0 Å². The summed E-state index contributed by atoms with van der Waals surface area (Å²) in [4.78, 5) is 2.55. The van der Waals surface area contributed by atoms with Gasteiger partial charge in [0.15, 0.2) is 0 Å². The van der Waals surface area contributed by atoms with Crippen LogP contribution in [0.1, 0.15) is 45.2 Å². The lowest BCUT2D eigenvalue weighted by Gasteiger charge is -2.37. The van der Waals surface area contributed by atoms with Crippen LogP contribution in [0.3, 0.4) is 0 Å². The molecular weight excluding hydrogens is 277 g/mol. The van der Waals surface area contributed by atoms with Crippen molar-refractivity contribution in [3.63, 3.8) is 0 Å². The van der Waals surface area contributed by atoms with E-state index in [1.165, 1.54) is 31.5 Å². The van der Waals surface area contributed by atoms with Crippen molar-refractivity contribution in [3.8, 4) is 0 Å². The summed E-state index contributed by atoms with van der Waals surface area (Å²) in [6, 6.07) is 6.41. The van der Waals surface area contributed by atoms with Crippen LogP contribution in [0.25, 0.3) is 0 Å². The molecule has 0 spiro atoms. The van der Waals surface area contributed by atoms with Gasteiger partial charge in [0.25, 0.3) is 0 Å². The SMILES string of the molecule is CC(C)C1CCN(C(C)c2ccc(Cl)c(Cl)c2)CC1. The summed E-state index contributed by atoms with van der Waals surface area (Å²) in [6.45, 7) is 9.30. The van der Waals surface area contributed by atoms with Gasteiger partial charge in [-0.2, -0.15) is 0 Å². The molecule has 1 fully saturated rings. The van der Waals surface area contributed by atoms with Gasteiger partial charge in [-0.3, -0.25) is 4.90 Å². The highest BCUT2D eigenvalue weighted by Crippen LogP contribution is 2.32. The number of piperidine rings is 1. The molecule has 0 saturated carbocycles. The third-order valence-electron chi connectivity index (χ3n) is 4.49. The van der Waals surface area contributed by atoms with Crippen LogP contribution in [0.4, 0.5) is 0 Å². The van der Waals surface area contributed by atoms with Crippen molar-refractivity contribution in [2.45, 2.75) is 39.7 Å². The first-order valence-electron chi connectivity index (χ1n) is 7.18. The second kappa shape index (κ2) is 6.47. The zero-order chi connectivity index (χ0) is 14.0. The largest absolute Gasteiger partial charge is 0.297 e. The maximum atomic E-state index is 6.11. The lowest BCUT2D eigenvalue weighted by atomic mass is 9.86. The average molecular weight is 300 g/mol. The predicted octanol–water partition coefficient (Wildman–Crippen LogP) is 5.42. The Bertz CT molecular complexity index is 423. The summed E-state index contributed by atoms with van der Waals surface area (Å²) in [5, 5.41) is 1.29. The lowest BCUT2D eigenvalue weighted by Crippen LogP contribution is -2.36. The smallest absolute Gasteiger partial charge is 0.0595 e. The Labute approximate surface area is 126 Å². The highest BCUT2D eigenvalue weighted by Gasteiger charge is 2.25. The fourth-order valence-corrected chi connectivity index (χ4v) is 3.26. The Hall–Kier alpha value is -0.240.